The van der Waals surface area contributed by atoms with Crippen LogP contribution in [0.1, 0.15) is 29.8 Å². The quantitative estimate of drug-likeness (QED) is 0.465. The summed E-state index contributed by atoms with van der Waals surface area (Å²) in [6.45, 7) is 5.79. The second-order valence-electron chi connectivity index (χ2n) is 7.30. The molecule has 4 aromatic rings. The van der Waals surface area contributed by atoms with Crippen LogP contribution in [0.25, 0.3) is 21.9 Å². The van der Waals surface area contributed by atoms with Crippen molar-refractivity contribution >= 4 is 39.5 Å². The number of aromatic nitrogens is 4. The zero-order valence-electron chi connectivity index (χ0n) is 16.0. The summed E-state index contributed by atoms with van der Waals surface area (Å²) in [6.07, 6.45) is 5.37. The predicted molar refractivity (Wildman–Crippen MR) is 110 cm³/mol. The zero-order valence-corrected chi connectivity index (χ0v) is 16.8. The first kappa shape index (κ1) is 18.5. The molecule has 28 heavy (non-hydrogen) atoms. The van der Waals surface area contributed by atoms with Crippen LogP contribution in [0.15, 0.2) is 42.9 Å². The number of fused-ring (bicyclic) bond motifs is 2. The number of carbonyl (C=O) groups excluding carboxylic acids is 1. The number of pyridine rings is 1. The van der Waals surface area contributed by atoms with Gasteiger partial charge >= 0.3 is 5.97 Å². The SMILES string of the molecule is COC(=O)c1cnc2c(ccn2Cc2cc(Cl)cc3cnn(CC(C)C)c23)c1. The van der Waals surface area contributed by atoms with E-state index < -0.39 is 5.97 Å². The van der Waals surface area contributed by atoms with Crippen molar-refractivity contribution in [2.45, 2.75) is 26.9 Å². The van der Waals surface area contributed by atoms with Crippen LogP contribution in [-0.2, 0) is 17.8 Å². The Morgan fingerprint density at radius 1 is 1.21 bits per heavy atom. The maximum Gasteiger partial charge on any atom is 0.339 e. The fourth-order valence-electron chi connectivity index (χ4n) is 3.51. The van der Waals surface area contributed by atoms with Gasteiger partial charge in [0.25, 0.3) is 0 Å². The van der Waals surface area contributed by atoms with Crippen molar-refractivity contribution in [1.82, 2.24) is 19.3 Å². The molecule has 0 aliphatic heterocycles. The Bertz CT molecular complexity index is 1180. The van der Waals surface area contributed by atoms with Crippen LogP contribution in [0.4, 0.5) is 0 Å². The number of halogens is 1. The fourth-order valence-corrected chi connectivity index (χ4v) is 3.75. The van der Waals surface area contributed by atoms with Gasteiger partial charge in [0.15, 0.2) is 0 Å². The van der Waals surface area contributed by atoms with Gasteiger partial charge in [-0.3, -0.25) is 4.68 Å². The molecule has 144 valence electrons. The lowest BCUT2D eigenvalue weighted by Crippen LogP contribution is -2.09. The Morgan fingerprint density at radius 2 is 2.04 bits per heavy atom. The third-order valence-electron chi connectivity index (χ3n) is 4.68. The molecule has 0 N–H and O–H groups in total. The number of benzene rings is 1. The smallest absolute Gasteiger partial charge is 0.339 e. The first-order chi connectivity index (χ1) is 13.5. The van der Waals surface area contributed by atoms with Crippen LogP contribution in [0.5, 0.6) is 0 Å². The molecule has 7 heteroatoms. The van der Waals surface area contributed by atoms with Crippen molar-refractivity contribution in [3.63, 3.8) is 0 Å². The number of nitrogens with zero attached hydrogens (tertiary/aromatic N) is 4. The molecule has 0 saturated carbocycles. The molecule has 0 unspecified atom stereocenters. The number of methoxy groups -OCH3 is 1. The maximum absolute atomic E-state index is 11.7. The number of hydrogen-bond donors (Lipinski definition) is 0. The van der Waals surface area contributed by atoms with Crippen LogP contribution in [0.2, 0.25) is 5.02 Å². The molecule has 0 spiro atoms. The van der Waals surface area contributed by atoms with Crippen molar-refractivity contribution in [3.05, 3.63) is 59.0 Å². The Kier molecular flexibility index (Phi) is 4.81. The molecule has 4 rings (SSSR count). The second kappa shape index (κ2) is 7.28. The lowest BCUT2D eigenvalue weighted by atomic mass is 10.1. The van der Waals surface area contributed by atoms with Gasteiger partial charge in [-0.05, 0) is 35.7 Å². The maximum atomic E-state index is 11.7. The van der Waals surface area contributed by atoms with Gasteiger partial charge in [-0.1, -0.05) is 25.4 Å². The van der Waals surface area contributed by atoms with Crippen molar-refractivity contribution in [2.75, 3.05) is 7.11 Å². The zero-order chi connectivity index (χ0) is 19.8. The monoisotopic (exact) mass is 396 g/mol. The Morgan fingerprint density at radius 3 is 2.79 bits per heavy atom. The fraction of sp³-hybridized carbons (Fsp3) is 0.286. The Balaban J connectivity index is 1.77. The minimum absolute atomic E-state index is 0.392. The predicted octanol–water partition coefficient (Wildman–Crippen LogP) is 4.53. The van der Waals surface area contributed by atoms with E-state index >= 15 is 0 Å². The summed E-state index contributed by atoms with van der Waals surface area (Å²) < 4.78 is 8.87. The summed E-state index contributed by atoms with van der Waals surface area (Å²) in [5.41, 5.74) is 3.41. The van der Waals surface area contributed by atoms with E-state index in [2.05, 4.69) is 23.9 Å². The summed E-state index contributed by atoms with van der Waals surface area (Å²) in [4.78, 5) is 16.2. The third kappa shape index (κ3) is 3.36. The summed E-state index contributed by atoms with van der Waals surface area (Å²) in [7, 11) is 1.36. The molecule has 0 bridgehead atoms. The van der Waals surface area contributed by atoms with Gasteiger partial charge < -0.3 is 9.30 Å². The van der Waals surface area contributed by atoms with E-state index in [9.17, 15) is 4.79 Å². The van der Waals surface area contributed by atoms with E-state index in [1.54, 1.807) is 12.3 Å². The van der Waals surface area contributed by atoms with Gasteiger partial charge in [0.2, 0.25) is 0 Å². The van der Waals surface area contributed by atoms with Gasteiger partial charge in [-0.25, -0.2) is 9.78 Å². The highest BCUT2D eigenvalue weighted by Crippen LogP contribution is 2.27. The van der Waals surface area contributed by atoms with E-state index in [0.29, 0.717) is 23.0 Å². The molecular weight excluding hydrogens is 376 g/mol. The molecule has 0 aliphatic rings. The lowest BCUT2D eigenvalue weighted by Gasteiger charge is -2.12. The molecule has 3 heterocycles. The van der Waals surface area contributed by atoms with Crippen LogP contribution < -0.4 is 0 Å². The largest absolute Gasteiger partial charge is 0.465 e. The number of rotatable bonds is 5. The average molecular weight is 397 g/mol. The first-order valence-electron chi connectivity index (χ1n) is 9.13. The summed E-state index contributed by atoms with van der Waals surface area (Å²) >= 11 is 6.36. The molecule has 0 atom stereocenters. The molecule has 0 saturated heterocycles. The summed E-state index contributed by atoms with van der Waals surface area (Å²) in [5, 5.41) is 7.15. The highest BCUT2D eigenvalue weighted by molar-refractivity contribution is 6.31. The lowest BCUT2D eigenvalue weighted by molar-refractivity contribution is 0.0600. The molecule has 1 aromatic carbocycles. The van der Waals surface area contributed by atoms with E-state index in [4.69, 9.17) is 16.3 Å². The van der Waals surface area contributed by atoms with Gasteiger partial charge in [0.05, 0.1) is 30.9 Å². The highest BCUT2D eigenvalue weighted by Gasteiger charge is 2.14. The normalized spacial score (nSPS) is 11.6. The van der Waals surface area contributed by atoms with Crippen molar-refractivity contribution in [1.29, 1.82) is 0 Å². The molecule has 0 fully saturated rings. The van der Waals surface area contributed by atoms with Gasteiger partial charge in [0.1, 0.15) is 5.65 Å². The molecular formula is C21H21ClN4O2. The molecule has 0 amide bonds. The van der Waals surface area contributed by atoms with Crippen LogP contribution in [0, 0.1) is 5.92 Å². The minimum atomic E-state index is -0.392. The van der Waals surface area contributed by atoms with Crippen LogP contribution >= 0.6 is 11.6 Å². The van der Waals surface area contributed by atoms with Gasteiger partial charge in [-0.15, -0.1) is 0 Å². The van der Waals surface area contributed by atoms with Gasteiger partial charge in [0, 0.05) is 34.7 Å². The Hall–Kier alpha value is -2.86. The van der Waals surface area contributed by atoms with Crippen molar-refractivity contribution in [3.8, 4) is 0 Å². The molecule has 0 aliphatic carbocycles. The summed E-state index contributed by atoms with van der Waals surface area (Å²) in [5.74, 6) is 0.0914. The number of ether oxygens (including phenoxy) is 1. The summed E-state index contributed by atoms with van der Waals surface area (Å²) in [6, 6.07) is 7.67. The molecule has 3 aromatic heterocycles. The highest BCUT2D eigenvalue weighted by atomic mass is 35.5. The van der Waals surface area contributed by atoms with Crippen LogP contribution in [-0.4, -0.2) is 32.4 Å². The topological polar surface area (TPSA) is 61.9 Å². The van der Waals surface area contributed by atoms with Gasteiger partial charge in [-0.2, -0.15) is 5.10 Å². The van der Waals surface area contributed by atoms with Crippen molar-refractivity contribution in [2.24, 2.45) is 5.92 Å². The van der Waals surface area contributed by atoms with E-state index in [1.807, 2.05) is 39.8 Å². The van der Waals surface area contributed by atoms with E-state index in [-0.39, 0.29) is 0 Å². The minimum Gasteiger partial charge on any atom is -0.465 e. The first-order valence-corrected chi connectivity index (χ1v) is 9.51. The molecule has 6 nitrogen and oxygen atoms in total. The third-order valence-corrected chi connectivity index (χ3v) is 4.90. The van der Waals surface area contributed by atoms with E-state index in [1.165, 1.54) is 7.11 Å². The van der Waals surface area contributed by atoms with Crippen molar-refractivity contribution < 1.29 is 9.53 Å². The molecule has 0 radical (unpaired) electrons. The number of hydrogen-bond acceptors (Lipinski definition) is 4. The number of esters is 1. The Labute approximate surface area is 167 Å². The second-order valence-corrected chi connectivity index (χ2v) is 7.73. The number of carbonyl (C=O) groups is 1. The van der Waals surface area contributed by atoms with Crippen LogP contribution in [0.3, 0.4) is 0 Å². The van der Waals surface area contributed by atoms with E-state index in [0.717, 1.165) is 34.0 Å². The average Bonchev–Trinajstić information content (AvgIpc) is 3.24. The standard InChI is InChI=1S/C21H21ClN4O2/c1-13(2)11-26-19-15(10-24-26)7-18(22)8-17(19)12-25-5-4-14-6-16(21(27)28-3)9-23-20(14)25/h4-10,13H,11-12H2,1-3H3.